The van der Waals surface area contributed by atoms with E-state index in [-0.39, 0.29) is 16.5 Å². The first-order valence-corrected chi connectivity index (χ1v) is 6.80. The van der Waals surface area contributed by atoms with Gasteiger partial charge in [-0.25, -0.2) is 0 Å². The minimum Gasteiger partial charge on any atom is -0.493 e. The normalized spacial score (nSPS) is 12.6. The van der Waals surface area contributed by atoms with Gasteiger partial charge in [0.2, 0.25) is 0 Å². The van der Waals surface area contributed by atoms with E-state index in [2.05, 4.69) is 15.9 Å². The van der Waals surface area contributed by atoms with E-state index in [0.717, 1.165) is 5.56 Å². The molecule has 1 aromatic carbocycles. The van der Waals surface area contributed by atoms with Crippen molar-refractivity contribution in [3.05, 3.63) is 29.3 Å². The number of benzene rings is 1. The SMILES string of the molecule is CCOc1ccc(C)cc1C(=O)C(Br)C(C)C. The molecular formula is C14H19BrO2. The molecule has 1 rings (SSSR count). The molecule has 0 aliphatic rings. The first kappa shape index (κ1) is 14.2. The van der Waals surface area contributed by atoms with Gasteiger partial charge in [-0.2, -0.15) is 0 Å². The van der Waals surface area contributed by atoms with Crippen molar-refractivity contribution in [3.8, 4) is 5.75 Å². The fraction of sp³-hybridized carbons (Fsp3) is 0.500. The van der Waals surface area contributed by atoms with Gasteiger partial charge < -0.3 is 4.74 Å². The first-order chi connectivity index (χ1) is 7.97. The first-order valence-electron chi connectivity index (χ1n) is 5.89. The molecule has 0 heterocycles. The Morgan fingerprint density at radius 1 is 1.41 bits per heavy atom. The number of rotatable bonds is 5. The van der Waals surface area contributed by atoms with Crippen LogP contribution in [0.15, 0.2) is 18.2 Å². The largest absolute Gasteiger partial charge is 0.493 e. The van der Waals surface area contributed by atoms with Crippen molar-refractivity contribution in [1.82, 2.24) is 0 Å². The molecular weight excluding hydrogens is 280 g/mol. The third-order valence-corrected chi connectivity index (χ3v) is 4.01. The summed E-state index contributed by atoms with van der Waals surface area (Å²) in [7, 11) is 0. The number of Topliss-reactive ketones (excluding diaryl/α,β-unsaturated/α-hetero) is 1. The molecule has 0 N–H and O–H groups in total. The van der Waals surface area contributed by atoms with Crippen LogP contribution in [0.5, 0.6) is 5.75 Å². The van der Waals surface area contributed by atoms with Gasteiger partial charge in [0.05, 0.1) is 17.0 Å². The standard InChI is InChI=1S/C14H19BrO2/c1-5-17-12-7-6-10(4)8-11(12)14(16)13(15)9(2)3/h6-9,13H,5H2,1-4H3. The highest BCUT2D eigenvalue weighted by molar-refractivity contribution is 9.10. The number of halogens is 1. The van der Waals surface area contributed by atoms with Crippen LogP contribution in [0.2, 0.25) is 0 Å². The monoisotopic (exact) mass is 298 g/mol. The Morgan fingerprint density at radius 2 is 2.06 bits per heavy atom. The molecule has 1 aromatic rings. The Hall–Kier alpha value is -0.830. The van der Waals surface area contributed by atoms with Crippen LogP contribution in [0.4, 0.5) is 0 Å². The van der Waals surface area contributed by atoms with E-state index in [1.165, 1.54) is 0 Å². The molecule has 0 aromatic heterocycles. The Bertz CT molecular complexity index is 399. The molecule has 94 valence electrons. The summed E-state index contributed by atoms with van der Waals surface area (Å²) in [5.41, 5.74) is 1.74. The van der Waals surface area contributed by atoms with Crippen molar-refractivity contribution >= 4 is 21.7 Å². The molecule has 1 unspecified atom stereocenters. The van der Waals surface area contributed by atoms with E-state index >= 15 is 0 Å². The fourth-order valence-corrected chi connectivity index (χ4v) is 1.82. The van der Waals surface area contributed by atoms with Crippen LogP contribution in [0.25, 0.3) is 0 Å². The van der Waals surface area contributed by atoms with Gasteiger partial charge in [-0.05, 0) is 31.9 Å². The summed E-state index contributed by atoms with van der Waals surface area (Å²) in [6.07, 6.45) is 0. The highest BCUT2D eigenvalue weighted by Crippen LogP contribution is 2.26. The summed E-state index contributed by atoms with van der Waals surface area (Å²) >= 11 is 3.45. The van der Waals surface area contributed by atoms with Crippen LogP contribution in [-0.4, -0.2) is 17.2 Å². The van der Waals surface area contributed by atoms with Crippen LogP contribution in [-0.2, 0) is 0 Å². The average Bonchev–Trinajstić information content (AvgIpc) is 2.29. The van der Waals surface area contributed by atoms with E-state index in [0.29, 0.717) is 17.9 Å². The number of carbonyl (C=O) groups excluding carboxylic acids is 1. The highest BCUT2D eigenvalue weighted by Gasteiger charge is 2.23. The third-order valence-electron chi connectivity index (χ3n) is 2.54. The zero-order valence-electron chi connectivity index (χ0n) is 10.8. The van der Waals surface area contributed by atoms with E-state index in [9.17, 15) is 4.79 Å². The second-order valence-electron chi connectivity index (χ2n) is 4.44. The van der Waals surface area contributed by atoms with Gasteiger partial charge in [0.1, 0.15) is 5.75 Å². The van der Waals surface area contributed by atoms with Gasteiger partial charge in [-0.3, -0.25) is 4.79 Å². The number of alkyl halides is 1. The number of carbonyl (C=O) groups is 1. The number of ketones is 1. The van der Waals surface area contributed by atoms with Crippen LogP contribution >= 0.6 is 15.9 Å². The molecule has 0 amide bonds. The van der Waals surface area contributed by atoms with Crippen molar-refractivity contribution in [2.24, 2.45) is 5.92 Å². The van der Waals surface area contributed by atoms with Gasteiger partial charge >= 0.3 is 0 Å². The molecule has 0 bridgehead atoms. The molecule has 1 atom stereocenters. The van der Waals surface area contributed by atoms with Crippen LogP contribution in [0.3, 0.4) is 0 Å². The number of hydrogen-bond donors (Lipinski definition) is 0. The van der Waals surface area contributed by atoms with Crippen molar-refractivity contribution in [2.75, 3.05) is 6.61 Å². The van der Waals surface area contributed by atoms with Gasteiger partial charge in [-0.1, -0.05) is 41.4 Å². The smallest absolute Gasteiger partial charge is 0.180 e. The topological polar surface area (TPSA) is 26.3 Å². The second kappa shape index (κ2) is 6.20. The number of aryl methyl sites for hydroxylation is 1. The van der Waals surface area contributed by atoms with Crippen molar-refractivity contribution in [3.63, 3.8) is 0 Å². The number of hydrogen-bond acceptors (Lipinski definition) is 2. The molecule has 17 heavy (non-hydrogen) atoms. The van der Waals surface area contributed by atoms with E-state index in [1.807, 2.05) is 45.9 Å². The molecule has 3 heteroatoms. The molecule has 0 saturated carbocycles. The minimum atomic E-state index is -0.163. The lowest BCUT2D eigenvalue weighted by atomic mass is 9.99. The average molecular weight is 299 g/mol. The molecule has 0 aliphatic heterocycles. The molecule has 2 nitrogen and oxygen atoms in total. The Morgan fingerprint density at radius 3 is 2.59 bits per heavy atom. The second-order valence-corrected chi connectivity index (χ2v) is 5.43. The Balaban J connectivity index is 3.10. The zero-order valence-corrected chi connectivity index (χ0v) is 12.4. The lowest BCUT2D eigenvalue weighted by molar-refractivity contribution is 0.0974. The lowest BCUT2D eigenvalue weighted by Gasteiger charge is -2.15. The molecule has 0 radical (unpaired) electrons. The maximum Gasteiger partial charge on any atom is 0.180 e. The van der Waals surface area contributed by atoms with Crippen LogP contribution < -0.4 is 4.74 Å². The maximum atomic E-state index is 12.3. The molecule has 0 aliphatic carbocycles. The summed E-state index contributed by atoms with van der Waals surface area (Å²) in [5, 5.41) is 0. The summed E-state index contributed by atoms with van der Waals surface area (Å²) in [4.78, 5) is 12.1. The number of ether oxygens (including phenoxy) is 1. The molecule has 0 saturated heterocycles. The minimum absolute atomic E-state index is 0.0900. The van der Waals surface area contributed by atoms with Crippen molar-refractivity contribution < 1.29 is 9.53 Å². The van der Waals surface area contributed by atoms with Gasteiger partial charge in [0.25, 0.3) is 0 Å². The summed E-state index contributed by atoms with van der Waals surface area (Å²) in [5.74, 6) is 1.03. The summed E-state index contributed by atoms with van der Waals surface area (Å²) in [6.45, 7) is 8.51. The van der Waals surface area contributed by atoms with Gasteiger partial charge in [0.15, 0.2) is 5.78 Å². The molecule has 0 fully saturated rings. The van der Waals surface area contributed by atoms with Gasteiger partial charge in [0, 0.05) is 0 Å². The van der Waals surface area contributed by atoms with Crippen LogP contribution in [0.1, 0.15) is 36.7 Å². The van der Waals surface area contributed by atoms with Crippen molar-refractivity contribution in [1.29, 1.82) is 0 Å². The maximum absolute atomic E-state index is 12.3. The summed E-state index contributed by atoms with van der Waals surface area (Å²) < 4.78 is 5.50. The fourth-order valence-electron chi connectivity index (χ4n) is 1.57. The van der Waals surface area contributed by atoms with E-state index in [1.54, 1.807) is 0 Å². The lowest BCUT2D eigenvalue weighted by Crippen LogP contribution is -2.21. The van der Waals surface area contributed by atoms with E-state index < -0.39 is 0 Å². The zero-order chi connectivity index (χ0) is 13.0. The third kappa shape index (κ3) is 3.56. The predicted octanol–water partition coefficient (Wildman–Crippen LogP) is 4.00. The van der Waals surface area contributed by atoms with Crippen molar-refractivity contribution in [2.45, 2.75) is 32.5 Å². The Kier molecular flexibility index (Phi) is 5.19. The highest BCUT2D eigenvalue weighted by atomic mass is 79.9. The van der Waals surface area contributed by atoms with E-state index in [4.69, 9.17) is 4.74 Å². The summed E-state index contributed by atoms with van der Waals surface area (Å²) in [6, 6.07) is 5.72. The quantitative estimate of drug-likeness (QED) is 0.607. The predicted molar refractivity (Wildman–Crippen MR) is 74.2 cm³/mol. The Labute approximate surface area is 111 Å². The van der Waals surface area contributed by atoms with Gasteiger partial charge in [-0.15, -0.1) is 0 Å². The van der Waals surface area contributed by atoms with Crippen LogP contribution in [0, 0.1) is 12.8 Å². The molecule has 0 spiro atoms.